The van der Waals surface area contributed by atoms with Crippen molar-refractivity contribution in [3.8, 4) is 23.1 Å². The summed E-state index contributed by atoms with van der Waals surface area (Å²) in [6.07, 6.45) is 0. The minimum atomic E-state index is -0.107. The summed E-state index contributed by atoms with van der Waals surface area (Å²) in [5.41, 5.74) is 1.71. The maximum atomic E-state index is 10.2. The first-order valence-electron chi connectivity index (χ1n) is 8.74. The van der Waals surface area contributed by atoms with Crippen molar-refractivity contribution in [2.75, 3.05) is 25.1 Å². The number of ether oxygens (including phenoxy) is 3. The fourth-order valence-electron chi connectivity index (χ4n) is 2.85. The molecule has 0 saturated heterocycles. The zero-order valence-electron chi connectivity index (χ0n) is 15.1. The molecule has 0 amide bonds. The topological polar surface area (TPSA) is 100 Å². The zero-order valence-corrected chi connectivity index (χ0v) is 15.9. The van der Waals surface area contributed by atoms with Gasteiger partial charge in [0, 0.05) is 17.1 Å². The van der Waals surface area contributed by atoms with Crippen molar-refractivity contribution < 1.29 is 19.3 Å². The van der Waals surface area contributed by atoms with Crippen LogP contribution in [0.25, 0.3) is 10.9 Å². The van der Waals surface area contributed by atoms with Gasteiger partial charge < -0.3 is 29.6 Å². The van der Waals surface area contributed by atoms with Crippen molar-refractivity contribution in [3.63, 3.8) is 0 Å². The van der Waals surface area contributed by atoms with Gasteiger partial charge in [-0.25, -0.2) is 0 Å². The third kappa shape index (κ3) is 3.70. The fourth-order valence-corrected chi connectivity index (χ4v) is 3.01. The van der Waals surface area contributed by atoms with Crippen LogP contribution in [0.1, 0.15) is 6.92 Å². The van der Waals surface area contributed by atoms with Crippen LogP contribution in [-0.4, -0.2) is 35.0 Å². The van der Waals surface area contributed by atoms with Gasteiger partial charge in [-0.05, 0) is 49.5 Å². The van der Waals surface area contributed by atoms with Crippen molar-refractivity contribution >= 4 is 39.6 Å². The smallest absolute Gasteiger partial charge is 0.218 e. The third-order valence-corrected chi connectivity index (χ3v) is 4.26. The molecule has 28 heavy (non-hydrogen) atoms. The predicted octanol–water partition coefficient (Wildman–Crippen LogP) is 4.52. The number of nitrogens with zero attached hydrogens (tertiary/aromatic N) is 2. The van der Waals surface area contributed by atoms with E-state index in [1.54, 1.807) is 12.1 Å². The van der Waals surface area contributed by atoms with Crippen LogP contribution in [-0.2, 0) is 0 Å². The van der Waals surface area contributed by atoms with Crippen molar-refractivity contribution in [3.05, 3.63) is 36.4 Å². The Balaban J connectivity index is 1.52. The number of thiocarbonyl (C=S) groups is 1. The maximum Gasteiger partial charge on any atom is 0.218 e. The molecule has 2 aromatic carbocycles. The van der Waals surface area contributed by atoms with Gasteiger partial charge in [-0.2, -0.15) is 0 Å². The highest BCUT2D eigenvalue weighted by Gasteiger charge is 2.18. The van der Waals surface area contributed by atoms with Crippen molar-refractivity contribution in [2.45, 2.75) is 6.92 Å². The molecular weight excluding hydrogens is 380 g/mol. The first-order valence-corrected chi connectivity index (χ1v) is 9.14. The van der Waals surface area contributed by atoms with Gasteiger partial charge in [0.25, 0.3) is 0 Å². The van der Waals surface area contributed by atoms with Crippen LogP contribution in [0.15, 0.2) is 46.6 Å². The van der Waals surface area contributed by atoms with E-state index < -0.39 is 0 Å². The highest BCUT2D eigenvalue weighted by Crippen LogP contribution is 2.42. The molecule has 3 aromatic rings. The molecule has 0 bridgehead atoms. The molecule has 8 nitrogen and oxygen atoms in total. The number of anilines is 1. The van der Waals surface area contributed by atoms with E-state index in [-0.39, 0.29) is 16.7 Å². The Kier molecular flexibility index (Phi) is 4.98. The number of H-pyrrole nitrogens is 1. The summed E-state index contributed by atoms with van der Waals surface area (Å²) in [7, 11) is 0. The SMILES string of the molecule is CCOc1ccc(NC(=S)N=Nc2c(O)[nH]c3cc4c(cc23)OCCO4)cc1. The fraction of sp³-hybridized carbons (Fsp3) is 0.211. The largest absolute Gasteiger partial charge is 0.494 e. The Labute approximate surface area is 166 Å². The number of nitrogens with one attached hydrogen (secondary N) is 2. The molecule has 9 heteroatoms. The van der Waals surface area contributed by atoms with E-state index in [2.05, 4.69) is 20.5 Å². The first-order chi connectivity index (χ1) is 13.6. The molecule has 2 heterocycles. The molecule has 0 saturated carbocycles. The van der Waals surface area contributed by atoms with Gasteiger partial charge in [0.05, 0.1) is 12.1 Å². The number of aromatic amines is 1. The number of hydrogen-bond acceptors (Lipinski definition) is 6. The average molecular weight is 398 g/mol. The Morgan fingerprint density at radius 1 is 1.21 bits per heavy atom. The number of fused-ring (bicyclic) bond motifs is 2. The molecular formula is C19H18N4O4S. The number of aromatic hydroxyl groups is 1. The first kappa shape index (κ1) is 18.1. The van der Waals surface area contributed by atoms with Gasteiger partial charge in [0.1, 0.15) is 19.0 Å². The van der Waals surface area contributed by atoms with E-state index in [9.17, 15) is 5.11 Å². The van der Waals surface area contributed by atoms with E-state index in [4.69, 9.17) is 26.4 Å². The summed E-state index contributed by atoms with van der Waals surface area (Å²) < 4.78 is 16.5. The lowest BCUT2D eigenvalue weighted by Gasteiger charge is -2.18. The summed E-state index contributed by atoms with van der Waals surface area (Å²) >= 11 is 5.22. The second-order valence-electron chi connectivity index (χ2n) is 5.95. The van der Waals surface area contributed by atoms with Crippen LogP contribution in [0, 0.1) is 0 Å². The van der Waals surface area contributed by atoms with E-state index in [0.717, 1.165) is 11.4 Å². The number of rotatable bonds is 4. The Bertz CT molecular complexity index is 1050. The van der Waals surface area contributed by atoms with Crippen LogP contribution < -0.4 is 19.5 Å². The summed E-state index contributed by atoms with van der Waals surface area (Å²) in [5.74, 6) is 1.89. The Morgan fingerprint density at radius 2 is 1.93 bits per heavy atom. The number of azo groups is 1. The summed E-state index contributed by atoms with van der Waals surface area (Å²) in [5, 5.41) is 22.1. The van der Waals surface area contributed by atoms with E-state index in [1.165, 1.54) is 0 Å². The second kappa shape index (κ2) is 7.73. The second-order valence-corrected chi connectivity index (χ2v) is 6.34. The molecule has 0 aliphatic carbocycles. The Hall–Kier alpha value is -3.33. The molecule has 0 atom stereocenters. The van der Waals surface area contributed by atoms with Gasteiger partial charge in [-0.15, -0.1) is 10.2 Å². The van der Waals surface area contributed by atoms with E-state index >= 15 is 0 Å². The molecule has 1 aromatic heterocycles. The quantitative estimate of drug-likeness (QED) is 0.441. The molecule has 0 fully saturated rings. The predicted molar refractivity (Wildman–Crippen MR) is 109 cm³/mol. The molecule has 0 unspecified atom stereocenters. The summed E-state index contributed by atoms with van der Waals surface area (Å²) in [4.78, 5) is 2.86. The molecule has 144 valence electrons. The van der Waals surface area contributed by atoms with Gasteiger partial charge in [0.15, 0.2) is 17.2 Å². The molecule has 0 radical (unpaired) electrons. The van der Waals surface area contributed by atoms with E-state index in [1.807, 2.05) is 31.2 Å². The summed E-state index contributed by atoms with van der Waals surface area (Å²) in [6, 6.07) is 10.9. The van der Waals surface area contributed by atoms with Crippen LogP contribution in [0.3, 0.4) is 0 Å². The molecule has 1 aliphatic rings. The number of aromatic nitrogens is 1. The van der Waals surface area contributed by atoms with Crippen LogP contribution >= 0.6 is 12.2 Å². The van der Waals surface area contributed by atoms with Crippen molar-refractivity contribution in [2.24, 2.45) is 10.2 Å². The minimum Gasteiger partial charge on any atom is -0.494 e. The highest BCUT2D eigenvalue weighted by molar-refractivity contribution is 7.80. The van der Waals surface area contributed by atoms with Gasteiger partial charge >= 0.3 is 0 Å². The summed E-state index contributed by atoms with van der Waals surface area (Å²) in [6.45, 7) is 3.50. The number of hydrogen-bond donors (Lipinski definition) is 3. The zero-order chi connectivity index (χ0) is 19.5. The average Bonchev–Trinajstić information content (AvgIpc) is 3.00. The van der Waals surface area contributed by atoms with Crippen molar-refractivity contribution in [1.82, 2.24) is 4.98 Å². The van der Waals surface area contributed by atoms with Crippen LogP contribution in [0.5, 0.6) is 23.1 Å². The standard InChI is InChI=1S/C19H18N4O4S/c1-2-25-12-5-3-11(4-6-12)20-19(28)23-22-17-13-9-15-16(27-8-7-26-15)10-14(13)21-18(17)24/h3-6,9-10,21,24H,2,7-8H2,1H3,(H,20,28). The lowest BCUT2D eigenvalue weighted by molar-refractivity contribution is 0.172. The maximum absolute atomic E-state index is 10.2. The van der Waals surface area contributed by atoms with E-state index in [0.29, 0.717) is 42.2 Å². The molecule has 3 N–H and O–H groups in total. The number of benzene rings is 2. The molecule has 4 rings (SSSR count). The lowest BCUT2D eigenvalue weighted by atomic mass is 10.2. The molecule has 1 aliphatic heterocycles. The third-order valence-electron chi connectivity index (χ3n) is 4.07. The highest BCUT2D eigenvalue weighted by atomic mass is 32.1. The molecule has 0 spiro atoms. The monoisotopic (exact) mass is 398 g/mol. The normalized spacial score (nSPS) is 13.0. The minimum absolute atomic E-state index is 0.107. The van der Waals surface area contributed by atoms with Gasteiger partial charge in [0.2, 0.25) is 11.0 Å². The lowest BCUT2D eigenvalue weighted by Crippen LogP contribution is -2.15. The van der Waals surface area contributed by atoms with Crippen molar-refractivity contribution in [1.29, 1.82) is 0 Å². The van der Waals surface area contributed by atoms with Crippen LogP contribution in [0.2, 0.25) is 0 Å². The Morgan fingerprint density at radius 3 is 2.64 bits per heavy atom. The van der Waals surface area contributed by atoms with Crippen LogP contribution in [0.4, 0.5) is 11.4 Å². The van der Waals surface area contributed by atoms with Gasteiger partial charge in [-0.1, -0.05) is 0 Å². The van der Waals surface area contributed by atoms with Gasteiger partial charge in [-0.3, -0.25) is 0 Å².